The molecule has 0 aliphatic rings. The van der Waals surface area contributed by atoms with Crippen molar-refractivity contribution in [3.63, 3.8) is 0 Å². The Balaban J connectivity index is 1.57. The second-order valence-corrected chi connectivity index (χ2v) is 10.6. The molecule has 10 rings (SSSR count). The van der Waals surface area contributed by atoms with Gasteiger partial charge in [-0.25, -0.2) is 0 Å². The molecule has 49 heavy (non-hydrogen) atoms. The van der Waals surface area contributed by atoms with Crippen LogP contribution in [0, 0.1) is 0 Å². The number of furan rings is 1. The third-order valence-corrected chi connectivity index (χ3v) is 7.89. The minimum absolute atomic E-state index is 0.415. The van der Waals surface area contributed by atoms with Crippen LogP contribution >= 0.6 is 0 Å². The summed E-state index contributed by atoms with van der Waals surface area (Å²) in [5.74, 6) is 0. The summed E-state index contributed by atoms with van der Waals surface area (Å²) < 4.78 is 269. The highest BCUT2D eigenvalue weighted by atomic mass is 16.3. The van der Waals surface area contributed by atoms with Gasteiger partial charge in [0.1, 0.15) is 11.2 Å². The molecule has 228 valence electrons. The number of benzene rings is 9. The van der Waals surface area contributed by atoms with Gasteiger partial charge in [0.2, 0.25) is 0 Å². The van der Waals surface area contributed by atoms with Crippen LogP contribution in [-0.2, 0) is 0 Å². The molecule has 0 radical (unpaired) electrons. The van der Waals surface area contributed by atoms with Crippen LogP contribution in [0.25, 0.3) is 98.8 Å². The molecule has 0 unspecified atom stereocenters. The van der Waals surface area contributed by atoms with Crippen molar-refractivity contribution >= 4 is 54.3 Å². The zero-order valence-corrected chi connectivity index (χ0v) is 24.5. The average molecular weight is 652 g/mol. The van der Waals surface area contributed by atoms with Gasteiger partial charge in [-0.2, -0.15) is 0 Å². The van der Waals surface area contributed by atoms with E-state index >= 15 is 0 Å². The lowest BCUT2D eigenvalue weighted by atomic mass is 9.83. The molecule has 0 aliphatic carbocycles. The number of hydrogen-bond acceptors (Lipinski definition) is 1. The first kappa shape index (κ1) is 11.3. The third kappa shape index (κ3) is 4.47. The van der Waals surface area contributed by atoms with Gasteiger partial charge in [-0.3, -0.25) is 0 Å². The van der Waals surface area contributed by atoms with Gasteiger partial charge < -0.3 is 4.42 Å². The fourth-order valence-electron chi connectivity index (χ4n) is 5.89. The van der Waals surface area contributed by atoms with Gasteiger partial charge in [-0.05, 0) is 113 Å². The van der Waals surface area contributed by atoms with Gasteiger partial charge in [0, 0.05) is 10.8 Å². The monoisotopic (exact) mass is 651 g/mol. The van der Waals surface area contributed by atoms with Crippen LogP contribution in [-0.4, -0.2) is 0 Å². The Bertz CT molecular complexity index is 4300. The normalized spacial score (nSPS) is 20.0. The van der Waals surface area contributed by atoms with Gasteiger partial charge in [-0.15, -0.1) is 0 Å². The Morgan fingerprint density at radius 2 is 0.837 bits per heavy atom. The first-order valence-electron chi connectivity index (χ1n) is 29.0. The lowest BCUT2D eigenvalue weighted by Gasteiger charge is -2.19. The second-order valence-electron chi connectivity index (χ2n) is 10.6. The van der Waals surface area contributed by atoms with Gasteiger partial charge in [0.15, 0.2) is 0 Å². The van der Waals surface area contributed by atoms with Gasteiger partial charge in [0.25, 0.3) is 0 Å². The summed E-state index contributed by atoms with van der Waals surface area (Å²) in [7, 11) is 0. The Hall–Kier alpha value is -6.44. The van der Waals surface area contributed by atoms with Crippen LogP contribution in [0.5, 0.6) is 0 Å². The molecule has 0 N–H and O–H groups in total. The number of rotatable bonds is 4. The van der Waals surface area contributed by atoms with Crippen molar-refractivity contribution in [1.82, 2.24) is 0 Å². The van der Waals surface area contributed by atoms with Crippen molar-refractivity contribution < 1.29 is 44.2 Å². The summed E-state index contributed by atoms with van der Waals surface area (Å²) in [5, 5.41) is -5.01. The maximum Gasteiger partial charge on any atom is 0.136 e. The van der Waals surface area contributed by atoms with E-state index in [1.54, 1.807) is 0 Å². The molecule has 10 aromatic rings. The summed E-state index contributed by atoms with van der Waals surface area (Å²) in [6.07, 6.45) is 0. The van der Waals surface area contributed by atoms with Crippen LogP contribution < -0.4 is 0 Å². The molecule has 9 aromatic carbocycles. The number of fused-ring (bicyclic) bond motifs is 6. The molecule has 1 heterocycles. The Labute approximate surface area is 325 Å². The lowest BCUT2D eigenvalue weighted by Crippen LogP contribution is -1.92. The highest BCUT2D eigenvalue weighted by molar-refractivity contribution is 6.26. The highest BCUT2D eigenvalue weighted by Gasteiger charge is 2.21. The Kier molecular flexibility index (Phi) is 2.56. The van der Waals surface area contributed by atoms with Crippen LogP contribution in [0.4, 0.5) is 0 Å². The van der Waals surface area contributed by atoms with E-state index < -0.39 is 274 Å². The number of hydrogen-bond donors (Lipinski definition) is 0. The zero-order valence-electron chi connectivity index (χ0n) is 53.5. The standard InChI is InChI=1S/C48H30O/c1-3-14-31(15-4-1)35-26-36(32-16-5-2-6-17-32)28-37(27-35)46-38-20-9-11-22-40(38)47(41-23-12-10-21-39(41)46)42-24-13-25-44-48(42)43-29-33-18-7-8-19-34(33)30-45(43)49-44/h1-30H/i1D,2D,3D,4D,5D,6D,7D,8D,9D,10D,11D,12D,13D,14D,15D,16D,17D,18D,19D,20D,21D,22D,23D,24D,26D,27D,28D,29D,30D. The quantitative estimate of drug-likeness (QED) is 0.173. The van der Waals surface area contributed by atoms with Crippen molar-refractivity contribution in [3.05, 3.63) is 181 Å². The van der Waals surface area contributed by atoms with Crippen molar-refractivity contribution in [2.75, 3.05) is 0 Å². The summed E-state index contributed by atoms with van der Waals surface area (Å²) in [6, 6.07) is -26.9. The predicted octanol–water partition coefficient (Wildman–Crippen LogP) is 13.7. The lowest BCUT2D eigenvalue weighted by molar-refractivity contribution is 0.669. The highest BCUT2D eigenvalue weighted by Crippen LogP contribution is 2.48. The summed E-state index contributed by atoms with van der Waals surface area (Å²) in [4.78, 5) is 0. The third-order valence-electron chi connectivity index (χ3n) is 7.89. The summed E-state index contributed by atoms with van der Waals surface area (Å²) in [6.45, 7) is 0. The Morgan fingerprint density at radius 3 is 1.43 bits per heavy atom. The van der Waals surface area contributed by atoms with E-state index in [4.69, 9.17) is 30.5 Å². The van der Waals surface area contributed by atoms with E-state index in [-0.39, 0.29) is 0 Å². The van der Waals surface area contributed by atoms with Crippen molar-refractivity contribution in [2.24, 2.45) is 0 Å². The maximum atomic E-state index is 9.98. The second kappa shape index (κ2) is 11.1. The van der Waals surface area contributed by atoms with E-state index in [0.717, 1.165) is 6.07 Å². The van der Waals surface area contributed by atoms with Crippen LogP contribution in [0.1, 0.15) is 39.8 Å². The van der Waals surface area contributed by atoms with E-state index in [2.05, 4.69) is 0 Å². The Morgan fingerprint density at radius 1 is 0.347 bits per heavy atom. The molecule has 0 spiro atoms. The fraction of sp³-hybridized carbons (Fsp3) is 0. The van der Waals surface area contributed by atoms with Gasteiger partial charge >= 0.3 is 0 Å². The summed E-state index contributed by atoms with van der Waals surface area (Å²) in [5.41, 5.74) is -7.86. The molecular weight excluding hydrogens is 593 g/mol. The molecule has 0 fully saturated rings. The van der Waals surface area contributed by atoms with Crippen molar-refractivity contribution in [2.45, 2.75) is 0 Å². The summed E-state index contributed by atoms with van der Waals surface area (Å²) >= 11 is 0. The molecule has 1 heteroatoms. The minimum atomic E-state index is -1.16. The van der Waals surface area contributed by atoms with E-state index in [9.17, 15) is 13.7 Å². The smallest absolute Gasteiger partial charge is 0.136 e. The first-order valence-corrected chi connectivity index (χ1v) is 14.5. The van der Waals surface area contributed by atoms with E-state index in [0.29, 0.717) is 0 Å². The van der Waals surface area contributed by atoms with Gasteiger partial charge in [0.05, 0.1) is 39.8 Å². The topological polar surface area (TPSA) is 13.1 Å². The zero-order chi connectivity index (χ0) is 57.5. The van der Waals surface area contributed by atoms with Crippen molar-refractivity contribution in [3.8, 4) is 44.5 Å². The molecule has 1 nitrogen and oxygen atoms in total. The van der Waals surface area contributed by atoms with Crippen LogP contribution in [0.3, 0.4) is 0 Å². The molecule has 0 bridgehead atoms. The molecular formula is C48H30O. The van der Waals surface area contributed by atoms with E-state index in [1.165, 1.54) is 0 Å². The molecule has 0 saturated heterocycles. The SMILES string of the molecule is [2H]c1cc2oc3c([2H])c4c([2H])c([2H])c([2H])c([2H])c4c([2H])c3c2c(-c2c3c([2H])c([2H])c([2H])c([2H])c3c(-c3c([2H])c(-c4c([2H])c([2H])c([2H])c([2H])c4[2H])c([2H])c(-c4c([2H])c([2H])c([2H])c([2H])c4[2H])c3[2H])c3c([2H])c([2H])c([2H])c([2H])c23)c1[2H]. The molecule has 0 saturated carbocycles. The van der Waals surface area contributed by atoms with Crippen LogP contribution in [0.2, 0.25) is 0 Å². The molecule has 0 amide bonds. The largest absolute Gasteiger partial charge is 0.456 e. The first-order chi connectivity index (χ1) is 36.4. The van der Waals surface area contributed by atoms with Crippen molar-refractivity contribution in [1.29, 1.82) is 0 Å². The van der Waals surface area contributed by atoms with E-state index in [1.807, 2.05) is 0 Å². The predicted molar refractivity (Wildman–Crippen MR) is 208 cm³/mol. The molecule has 0 aliphatic heterocycles. The molecule has 0 atom stereocenters. The van der Waals surface area contributed by atoms with Gasteiger partial charge in [-0.1, -0.05) is 145 Å². The average Bonchev–Trinajstić information content (AvgIpc) is 3.79. The maximum absolute atomic E-state index is 9.98. The fourth-order valence-corrected chi connectivity index (χ4v) is 5.89. The minimum Gasteiger partial charge on any atom is -0.456 e. The molecule has 1 aromatic heterocycles. The van der Waals surface area contributed by atoms with Crippen LogP contribution in [0.15, 0.2) is 186 Å².